The van der Waals surface area contributed by atoms with E-state index >= 15 is 0 Å². The highest BCUT2D eigenvalue weighted by Crippen LogP contribution is 2.23. The predicted molar refractivity (Wildman–Crippen MR) is 111 cm³/mol. The average Bonchev–Trinajstić information content (AvgIpc) is 2.62. The molecule has 0 radical (unpaired) electrons. The summed E-state index contributed by atoms with van der Waals surface area (Å²) in [7, 11) is -3.74. The van der Waals surface area contributed by atoms with Crippen LogP contribution in [0.2, 0.25) is 0 Å². The Hall–Kier alpha value is -2.54. The summed E-state index contributed by atoms with van der Waals surface area (Å²) < 4.78 is 33.9. The lowest BCUT2D eigenvalue weighted by atomic mass is 10.2. The summed E-state index contributed by atoms with van der Waals surface area (Å²) in [6.45, 7) is 8.73. The van der Waals surface area contributed by atoms with E-state index in [1.54, 1.807) is 57.2 Å². The number of amides is 1. The van der Waals surface area contributed by atoms with Gasteiger partial charge in [0, 0.05) is 11.3 Å². The van der Waals surface area contributed by atoms with Crippen LogP contribution in [0.4, 0.5) is 5.69 Å². The molecule has 152 valence electrons. The van der Waals surface area contributed by atoms with Crippen molar-refractivity contribution >= 4 is 21.7 Å². The lowest BCUT2D eigenvalue weighted by molar-refractivity contribution is 0.102. The molecule has 1 unspecified atom stereocenters. The van der Waals surface area contributed by atoms with Crippen LogP contribution in [-0.2, 0) is 10.1 Å². The van der Waals surface area contributed by atoms with Crippen molar-refractivity contribution in [3.8, 4) is 11.5 Å². The molecule has 28 heavy (non-hydrogen) atoms. The summed E-state index contributed by atoms with van der Waals surface area (Å²) in [5.41, 5.74) is 1.03. The third-order valence-corrected chi connectivity index (χ3v) is 6.01. The number of anilines is 1. The van der Waals surface area contributed by atoms with Crippen LogP contribution >= 0.6 is 0 Å². The maximum atomic E-state index is 12.4. The number of carbonyl (C=O) groups excluding carboxylic acids is 1. The quantitative estimate of drug-likeness (QED) is 0.680. The van der Waals surface area contributed by atoms with Crippen molar-refractivity contribution in [2.24, 2.45) is 0 Å². The standard InChI is InChI=1S/C21H27NO5S/c1-6-15(2)26-18-11-7-16(8-12-18)20(23)22-17-9-13-19(14-10-17)27-28(24,25)21(3,4)5/h7-15H,6H2,1-5H3,(H,22,23). The van der Waals surface area contributed by atoms with Gasteiger partial charge >= 0.3 is 10.1 Å². The van der Waals surface area contributed by atoms with Gasteiger partial charge in [0.25, 0.3) is 5.91 Å². The van der Waals surface area contributed by atoms with Crippen LogP contribution in [0.15, 0.2) is 48.5 Å². The molecule has 1 N–H and O–H groups in total. The topological polar surface area (TPSA) is 81.7 Å². The molecule has 6 nitrogen and oxygen atoms in total. The summed E-state index contributed by atoms with van der Waals surface area (Å²) in [5, 5.41) is 2.77. The molecule has 2 aromatic carbocycles. The molecule has 0 saturated carbocycles. The third-order valence-electron chi connectivity index (χ3n) is 4.10. The van der Waals surface area contributed by atoms with Crippen LogP contribution < -0.4 is 14.2 Å². The van der Waals surface area contributed by atoms with Gasteiger partial charge in [-0.15, -0.1) is 0 Å². The number of hydrogen-bond donors (Lipinski definition) is 1. The molecule has 0 aliphatic heterocycles. The Bertz CT molecular complexity index is 897. The third kappa shape index (κ3) is 5.73. The fourth-order valence-electron chi connectivity index (χ4n) is 2.05. The Morgan fingerprint density at radius 2 is 1.54 bits per heavy atom. The second-order valence-corrected chi connectivity index (χ2v) is 9.79. The lowest BCUT2D eigenvalue weighted by Gasteiger charge is -2.19. The van der Waals surface area contributed by atoms with Crippen LogP contribution in [-0.4, -0.2) is 25.2 Å². The molecule has 0 aromatic heterocycles. The zero-order valence-corrected chi connectivity index (χ0v) is 17.7. The molecular weight excluding hydrogens is 378 g/mol. The Kier molecular flexibility index (Phi) is 6.72. The minimum absolute atomic E-state index is 0.113. The van der Waals surface area contributed by atoms with Crippen LogP contribution in [0.3, 0.4) is 0 Å². The Morgan fingerprint density at radius 3 is 2.04 bits per heavy atom. The molecule has 1 amide bonds. The van der Waals surface area contributed by atoms with Crippen molar-refractivity contribution in [1.82, 2.24) is 0 Å². The first kappa shape index (κ1) is 21.8. The number of ether oxygens (including phenoxy) is 1. The Balaban J connectivity index is 2.01. The summed E-state index contributed by atoms with van der Waals surface area (Å²) in [4.78, 5) is 12.4. The highest BCUT2D eigenvalue weighted by atomic mass is 32.2. The van der Waals surface area contributed by atoms with Crippen molar-refractivity contribution < 1.29 is 22.1 Å². The van der Waals surface area contributed by atoms with Crippen LogP contribution in [0.25, 0.3) is 0 Å². The van der Waals surface area contributed by atoms with Gasteiger partial charge in [-0.1, -0.05) is 6.92 Å². The van der Waals surface area contributed by atoms with E-state index in [0.717, 1.165) is 6.42 Å². The van der Waals surface area contributed by atoms with Crippen LogP contribution in [0.1, 0.15) is 51.4 Å². The summed E-state index contributed by atoms with van der Waals surface area (Å²) >= 11 is 0. The number of hydrogen-bond acceptors (Lipinski definition) is 5. The van der Waals surface area contributed by atoms with E-state index in [0.29, 0.717) is 17.0 Å². The number of rotatable bonds is 7. The number of carbonyl (C=O) groups is 1. The first-order valence-corrected chi connectivity index (χ1v) is 10.5. The van der Waals surface area contributed by atoms with Gasteiger partial charge < -0.3 is 14.2 Å². The molecule has 7 heteroatoms. The molecule has 0 aliphatic carbocycles. The molecule has 2 rings (SSSR count). The predicted octanol–water partition coefficient (Wildman–Crippen LogP) is 4.62. The van der Waals surface area contributed by atoms with Gasteiger partial charge in [0.1, 0.15) is 11.5 Å². The monoisotopic (exact) mass is 405 g/mol. The highest BCUT2D eigenvalue weighted by molar-refractivity contribution is 7.88. The van der Waals surface area contributed by atoms with E-state index < -0.39 is 14.9 Å². The fraction of sp³-hybridized carbons (Fsp3) is 0.381. The highest BCUT2D eigenvalue weighted by Gasteiger charge is 2.31. The number of nitrogens with one attached hydrogen (secondary N) is 1. The maximum absolute atomic E-state index is 12.4. The van der Waals surface area contributed by atoms with E-state index in [1.807, 2.05) is 13.8 Å². The van der Waals surface area contributed by atoms with Crippen molar-refractivity contribution in [2.75, 3.05) is 5.32 Å². The molecule has 0 saturated heterocycles. The first-order chi connectivity index (χ1) is 13.0. The van der Waals surface area contributed by atoms with Gasteiger partial charge in [0.05, 0.1) is 10.9 Å². The number of benzene rings is 2. The van der Waals surface area contributed by atoms with E-state index in [4.69, 9.17) is 8.92 Å². The summed E-state index contributed by atoms with van der Waals surface area (Å²) in [6, 6.07) is 13.1. The lowest BCUT2D eigenvalue weighted by Crippen LogP contribution is -2.32. The van der Waals surface area contributed by atoms with Gasteiger partial charge in [-0.2, -0.15) is 8.42 Å². The second-order valence-electron chi connectivity index (χ2n) is 7.49. The molecule has 0 aliphatic rings. The first-order valence-electron chi connectivity index (χ1n) is 9.14. The van der Waals surface area contributed by atoms with Gasteiger partial charge in [0.15, 0.2) is 0 Å². The molecule has 2 aromatic rings. The maximum Gasteiger partial charge on any atom is 0.314 e. The van der Waals surface area contributed by atoms with Gasteiger partial charge in [-0.05, 0) is 82.6 Å². The largest absolute Gasteiger partial charge is 0.491 e. The normalized spacial score (nSPS) is 12.9. The smallest absolute Gasteiger partial charge is 0.314 e. The van der Waals surface area contributed by atoms with Gasteiger partial charge in [-0.3, -0.25) is 4.79 Å². The second kappa shape index (κ2) is 8.65. The minimum atomic E-state index is -3.74. The molecular formula is C21H27NO5S. The molecule has 0 heterocycles. The summed E-state index contributed by atoms with van der Waals surface area (Å²) in [6.07, 6.45) is 1.02. The SMILES string of the molecule is CCC(C)Oc1ccc(C(=O)Nc2ccc(OS(=O)(=O)C(C)(C)C)cc2)cc1. The molecule has 1 atom stereocenters. The van der Waals surface area contributed by atoms with E-state index in [1.165, 1.54) is 12.1 Å². The average molecular weight is 406 g/mol. The van der Waals surface area contributed by atoms with E-state index in [9.17, 15) is 13.2 Å². The molecule has 0 spiro atoms. The minimum Gasteiger partial charge on any atom is -0.491 e. The van der Waals surface area contributed by atoms with Crippen molar-refractivity contribution in [3.63, 3.8) is 0 Å². The van der Waals surface area contributed by atoms with E-state index in [2.05, 4.69) is 5.32 Å². The van der Waals surface area contributed by atoms with Crippen molar-refractivity contribution in [1.29, 1.82) is 0 Å². The molecule has 0 bridgehead atoms. The van der Waals surface area contributed by atoms with Gasteiger partial charge in [-0.25, -0.2) is 0 Å². The van der Waals surface area contributed by atoms with Crippen molar-refractivity contribution in [2.45, 2.75) is 51.9 Å². The zero-order valence-electron chi connectivity index (χ0n) is 16.9. The molecule has 0 fully saturated rings. The van der Waals surface area contributed by atoms with Gasteiger partial charge in [0.2, 0.25) is 0 Å². The Labute approximate surface area is 167 Å². The van der Waals surface area contributed by atoms with Crippen LogP contribution in [0.5, 0.6) is 11.5 Å². The fourth-order valence-corrected chi connectivity index (χ4v) is 2.66. The van der Waals surface area contributed by atoms with E-state index in [-0.39, 0.29) is 17.8 Å². The Morgan fingerprint density at radius 1 is 1.00 bits per heavy atom. The zero-order chi connectivity index (χ0) is 20.9. The van der Waals surface area contributed by atoms with Crippen LogP contribution in [0, 0.1) is 0 Å². The van der Waals surface area contributed by atoms with Crippen molar-refractivity contribution in [3.05, 3.63) is 54.1 Å². The summed E-state index contributed by atoms with van der Waals surface area (Å²) in [5.74, 6) is 0.637.